The standard InChI is InChI=1S/C31H34N2O5/c1-18(2)38-24-14-8-21(9-15-24)28-27(29(34)25-16-20(4)26(37-7)17-19(25)3)30(35)31(36)33(28)23-12-10-22(11-13-23)32(5)6/h8-18,28,34H,1-7H3/b29-27+. The van der Waals surface area contributed by atoms with E-state index in [4.69, 9.17) is 9.47 Å². The summed E-state index contributed by atoms with van der Waals surface area (Å²) in [6, 6.07) is 17.5. The SMILES string of the molecule is COc1cc(C)c(/C(O)=C2\C(=O)C(=O)N(c3ccc(N(C)C)cc3)C2c2ccc(OC(C)C)cc2)cc1C. The van der Waals surface area contributed by atoms with Crippen LogP contribution in [-0.4, -0.2) is 44.1 Å². The number of nitrogens with zero attached hydrogens (tertiary/aromatic N) is 2. The van der Waals surface area contributed by atoms with Crippen molar-refractivity contribution in [3.8, 4) is 11.5 Å². The van der Waals surface area contributed by atoms with E-state index in [1.54, 1.807) is 13.2 Å². The Morgan fingerprint density at radius 3 is 2.13 bits per heavy atom. The van der Waals surface area contributed by atoms with Gasteiger partial charge in [-0.25, -0.2) is 0 Å². The van der Waals surface area contributed by atoms with Gasteiger partial charge >= 0.3 is 0 Å². The summed E-state index contributed by atoms with van der Waals surface area (Å²) in [4.78, 5) is 30.4. The molecule has 0 saturated carbocycles. The smallest absolute Gasteiger partial charge is 0.300 e. The van der Waals surface area contributed by atoms with Gasteiger partial charge in [-0.05, 0) is 92.9 Å². The van der Waals surface area contributed by atoms with Crippen LogP contribution in [0.1, 0.15) is 42.1 Å². The number of amides is 1. The van der Waals surface area contributed by atoms with Gasteiger partial charge in [-0.15, -0.1) is 0 Å². The van der Waals surface area contributed by atoms with Gasteiger partial charge in [-0.3, -0.25) is 14.5 Å². The second-order valence-corrected chi connectivity index (χ2v) is 9.95. The number of carbonyl (C=O) groups excluding carboxylic acids is 2. The zero-order valence-electron chi connectivity index (χ0n) is 22.9. The summed E-state index contributed by atoms with van der Waals surface area (Å²) in [6.45, 7) is 7.59. The highest BCUT2D eigenvalue weighted by molar-refractivity contribution is 6.51. The minimum atomic E-state index is -0.824. The van der Waals surface area contributed by atoms with E-state index < -0.39 is 17.7 Å². The highest BCUT2D eigenvalue weighted by atomic mass is 16.5. The number of hydrogen-bond acceptors (Lipinski definition) is 6. The molecule has 38 heavy (non-hydrogen) atoms. The van der Waals surface area contributed by atoms with Crippen molar-refractivity contribution in [1.29, 1.82) is 0 Å². The lowest BCUT2D eigenvalue weighted by Crippen LogP contribution is -2.29. The second-order valence-electron chi connectivity index (χ2n) is 9.95. The summed E-state index contributed by atoms with van der Waals surface area (Å²) in [5.74, 6) is -0.291. The van der Waals surface area contributed by atoms with Crippen LogP contribution in [0.3, 0.4) is 0 Å². The number of rotatable bonds is 7. The molecule has 1 aliphatic rings. The van der Waals surface area contributed by atoms with Gasteiger partial charge in [0.05, 0.1) is 24.8 Å². The number of ether oxygens (including phenoxy) is 2. The highest BCUT2D eigenvalue weighted by Gasteiger charge is 2.47. The van der Waals surface area contributed by atoms with Gasteiger partial charge in [0.2, 0.25) is 0 Å². The highest BCUT2D eigenvalue weighted by Crippen LogP contribution is 2.43. The fourth-order valence-corrected chi connectivity index (χ4v) is 4.74. The van der Waals surface area contributed by atoms with Crippen molar-refractivity contribution in [2.45, 2.75) is 39.8 Å². The van der Waals surface area contributed by atoms with E-state index >= 15 is 0 Å². The molecule has 3 aromatic carbocycles. The first-order valence-electron chi connectivity index (χ1n) is 12.5. The minimum Gasteiger partial charge on any atom is -0.507 e. The number of aliphatic hydroxyl groups is 1. The summed E-state index contributed by atoms with van der Waals surface area (Å²) in [7, 11) is 5.45. The number of hydrogen-bond donors (Lipinski definition) is 1. The third kappa shape index (κ3) is 4.96. The second kappa shape index (κ2) is 10.6. The molecule has 1 atom stereocenters. The molecule has 3 aromatic rings. The Morgan fingerprint density at radius 2 is 1.58 bits per heavy atom. The van der Waals surface area contributed by atoms with Crippen LogP contribution in [-0.2, 0) is 9.59 Å². The largest absolute Gasteiger partial charge is 0.507 e. The molecule has 4 rings (SSSR count). The summed E-state index contributed by atoms with van der Waals surface area (Å²) in [6.07, 6.45) is 0.00276. The van der Waals surface area contributed by atoms with Crippen LogP contribution in [0, 0.1) is 13.8 Å². The number of ketones is 1. The van der Waals surface area contributed by atoms with Gasteiger partial charge in [0.1, 0.15) is 17.3 Å². The van der Waals surface area contributed by atoms with E-state index in [0.29, 0.717) is 28.3 Å². The lowest BCUT2D eigenvalue weighted by Gasteiger charge is -2.26. The fraction of sp³-hybridized carbons (Fsp3) is 0.290. The molecule has 0 spiro atoms. The van der Waals surface area contributed by atoms with E-state index in [-0.39, 0.29) is 17.4 Å². The van der Waals surface area contributed by atoms with Gasteiger partial charge in [0.15, 0.2) is 0 Å². The quantitative estimate of drug-likeness (QED) is 0.244. The van der Waals surface area contributed by atoms with Crippen LogP contribution in [0.4, 0.5) is 11.4 Å². The Hall–Kier alpha value is -4.26. The number of aliphatic hydroxyl groups excluding tert-OH is 1. The molecular formula is C31H34N2O5. The normalized spacial score (nSPS) is 16.7. The monoisotopic (exact) mass is 514 g/mol. The zero-order valence-corrected chi connectivity index (χ0v) is 22.9. The molecule has 7 heteroatoms. The lowest BCUT2D eigenvalue weighted by molar-refractivity contribution is -0.132. The summed E-state index contributed by atoms with van der Waals surface area (Å²) >= 11 is 0. The molecule has 0 radical (unpaired) electrons. The molecule has 1 heterocycles. The van der Waals surface area contributed by atoms with Crippen LogP contribution in [0.2, 0.25) is 0 Å². The average Bonchev–Trinajstić information content (AvgIpc) is 3.15. The van der Waals surface area contributed by atoms with Crippen molar-refractivity contribution in [2.24, 2.45) is 0 Å². The molecule has 7 nitrogen and oxygen atoms in total. The van der Waals surface area contributed by atoms with Gasteiger partial charge in [-0.2, -0.15) is 0 Å². The van der Waals surface area contributed by atoms with Crippen molar-refractivity contribution in [1.82, 2.24) is 0 Å². The third-order valence-electron chi connectivity index (χ3n) is 6.65. The van der Waals surface area contributed by atoms with E-state index in [1.807, 2.05) is 101 Å². The Balaban J connectivity index is 1.91. The maximum atomic E-state index is 13.5. The number of benzene rings is 3. The van der Waals surface area contributed by atoms with E-state index in [1.165, 1.54) is 4.90 Å². The molecule has 1 fully saturated rings. The van der Waals surface area contributed by atoms with E-state index in [2.05, 4.69) is 0 Å². The van der Waals surface area contributed by atoms with Gasteiger partial charge < -0.3 is 19.5 Å². The number of Topliss-reactive ketones (excluding diaryl/α,β-unsaturated/α-hetero) is 1. The van der Waals surface area contributed by atoms with Crippen molar-refractivity contribution in [3.63, 3.8) is 0 Å². The maximum absolute atomic E-state index is 13.5. The lowest BCUT2D eigenvalue weighted by atomic mass is 9.93. The van der Waals surface area contributed by atoms with Crippen molar-refractivity contribution >= 4 is 28.8 Å². The van der Waals surface area contributed by atoms with Crippen LogP contribution in [0.15, 0.2) is 66.2 Å². The number of anilines is 2. The van der Waals surface area contributed by atoms with Crippen molar-refractivity contribution in [2.75, 3.05) is 31.0 Å². The van der Waals surface area contributed by atoms with Crippen molar-refractivity contribution < 1.29 is 24.2 Å². The molecule has 1 unspecified atom stereocenters. The average molecular weight is 515 g/mol. The molecule has 1 N–H and O–H groups in total. The maximum Gasteiger partial charge on any atom is 0.300 e. The first kappa shape index (κ1) is 26.8. The molecule has 0 bridgehead atoms. The Labute approximate surface area is 223 Å². The fourth-order valence-electron chi connectivity index (χ4n) is 4.74. The molecule has 1 saturated heterocycles. The topological polar surface area (TPSA) is 79.3 Å². The van der Waals surface area contributed by atoms with Crippen LogP contribution in [0.5, 0.6) is 11.5 Å². The first-order chi connectivity index (χ1) is 18.0. The minimum absolute atomic E-state index is 0.00276. The first-order valence-corrected chi connectivity index (χ1v) is 12.5. The number of aryl methyl sites for hydroxylation is 2. The van der Waals surface area contributed by atoms with E-state index in [9.17, 15) is 14.7 Å². The predicted molar refractivity (Wildman–Crippen MR) is 150 cm³/mol. The zero-order chi connectivity index (χ0) is 27.7. The Bertz CT molecular complexity index is 1390. The summed E-state index contributed by atoms with van der Waals surface area (Å²) < 4.78 is 11.2. The molecule has 0 aromatic heterocycles. The van der Waals surface area contributed by atoms with E-state index in [0.717, 1.165) is 16.8 Å². The molecule has 198 valence electrons. The van der Waals surface area contributed by atoms with Gasteiger partial charge in [-0.1, -0.05) is 12.1 Å². The molecule has 0 aliphatic carbocycles. The molecule has 1 amide bonds. The van der Waals surface area contributed by atoms with Crippen LogP contribution in [0.25, 0.3) is 5.76 Å². The predicted octanol–water partition coefficient (Wildman–Crippen LogP) is 5.79. The number of carbonyl (C=O) groups is 2. The number of methoxy groups -OCH3 is 1. The van der Waals surface area contributed by atoms with Gasteiger partial charge in [0.25, 0.3) is 11.7 Å². The van der Waals surface area contributed by atoms with Crippen molar-refractivity contribution in [3.05, 3.63) is 88.5 Å². The third-order valence-corrected chi connectivity index (χ3v) is 6.65. The van der Waals surface area contributed by atoms with Gasteiger partial charge in [0, 0.05) is 31.0 Å². The Kier molecular flexibility index (Phi) is 7.49. The Morgan fingerprint density at radius 1 is 0.947 bits per heavy atom. The molecule has 1 aliphatic heterocycles. The summed E-state index contributed by atoms with van der Waals surface area (Å²) in [5.41, 5.74) is 4.26. The van der Waals surface area contributed by atoms with Crippen LogP contribution < -0.4 is 19.3 Å². The summed E-state index contributed by atoms with van der Waals surface area (Å²) in [5, 5.41) is 11.6. The van der Waals surface area contributed by atoms with Crippen LogP contribution >= 0.6 is 0 Å². The molecular weight excluding hydrogens is 480 g/mol.